The molecule has 0 radical (unpaired) electrons. The summed E-state index contributed by atoms with van der Waals surface area (Å²) in [7, 11) is -3.55. The number of hydrogen-bond acceptors (Lipinski definition) is 3. The quantitative estimate of drug-likeness (QED) is 0.632. The third kappa shape index (κ3) is 4.69. The number of rotatable bonds is 5. The normalized spacial score (nSPS) is 23.7. The van der Waals surface area contributed by atoms with Gasteiger partial charge in [-0.25, -0.2) is 0 Å². The lowest BCUT2D eigenvalue weighted by atomic mass is 10.2. The molecular formula is C17H36O3Si2. The first-order valence-corrected chi connectivity index (χ1v) is 14.1. The van der Waals surface area contributed by atoms with Crippen molar-refractivity contribution in [3.63, 3.8) is 0 Å². The molecule has 0 unspecified atom stereocenters. The molecule has 0 amide bonds. The molecule has 0 aliphatic carbocycles. The molecule has 2 atom stereocenters. The maximum Gasteiger partial charge on any atom is 0.193 e. The minimum atomic E-state index is -1.80. The van der Waals surface area contributed by atoms with Crippen LogP contribution in [0.1, 0.15) is 41.5 Å². The van der Waals surface area contributed by atoms with Crippen LogP contribution in [0.3, 0.4) is 0 Å². The molecular weight excluding hydrogens is 308 g/mol. The van der Waals surface area contributed by atoms with Crippen LogP contribution in [0.25, 0.3) is 0 Å². The fourth-order valence-electron chi connectivity index (χ4n) is 1.70. The maximum atomic E-state index is 6.49. The SMILES string of the molecule is CC(C)(C)[Si](C)(C)OC[C@H]1OC=C[C@@H]1O[Si](C)(C)C(C)(C)C. The molecule has 1 aliphatic rings. The largest absolute Gasteiger partial charge is 0.493 e. The van der Waals surface area contributed by atoms with Crippen LogP contribution in [-0.2, 0) is 13.6 Å². The minimum absolute atomic E-state index is 0.0109. The second-order valence-corrected chi connectivity index (χ2v) is 19.0. The zero-order chi connectivity index (χ0) is 17.4. The molecule has 0 aromatic rings. The molecule has 0 fully saturated rings. The number of ether oxygens (including phenoxy) is 1. The summed E-state index contributed by atoms with van der Waals surface area (Å²) in [6, 6.07) is 0. The monoisotopic (exact) mass is 344 g/mol. The lowest BCUT2D eigenvalue weighted by Gasteiger charge is -2.40. The van der Waals surface area contributed by atoms with E-state index in [2.05, 4.69) is 67.7 Å². The molecule has 130 valence electrons. The van der Waals surface area contributed by atoms with E-state index in [4.69, 9.17) is 13.6 Å². The van der Waals surface area contributed by atoms with Gasteiger partial charge in [-0.3, -0.25) is 0 Å². The molecule has 0 saturated carbocycles. The Morgan fingerprint density at radius 1 is 0.909 bits per heavy atom. The third-order valence-corrected chi connectivity index (χ3v) is 14.5. The van der Waals surface area contributed by atoms with E-state index in [-0.39, 0.29) is 22.3 Å². The molecule has 0 bridgehead atoms. The van der Waals surface area contributed by atoms with Gasteiger partial charge < -0.3 is 13.6 Å². The molecule has 3 nitrogen and oxygen atoms in total. The highest BCUT2D eigenvalue weighted by molar-refractivity contribution is 6.74. The van der Waals surface area contributed by atoms with Crippen LogP contribution >= 0.6 is 0 Å². The average molecular weight is 345 g/mol. The molecule has 5 heteroatoms. The first-order valence-electron chi connectivity index (χ1n) is 8.31. The Balaban J connectivity index is 2.67. The van der Waals surface area contributed by atoms with E-state index in [1.807, 2.05) is 6.08 Å². The van der Waals surface area contributed by atoms with E-state index in [1.54, 1.807) is 6.26 Å². The zero-order valence-corrected chi connectivity index (χ0v) is 18.2. The van der Waals surface area contributed by atoms with Crippen molar-refractivity contribution in [2.75, 3.05) is 6.61 Å². The molecule has 0 spiro atoms. The van der Waals surface area contributed by atoms with Crippen LogP contribution in [0.4, 0.5) is 0 Å². The topological polar surface area (TPSA) is 27.7 Å². The molecule has 22 heavy (non-hydrogen) atoms. The first kappa shape index (κ1) is 19.9. The molecule has 0 aromatic carbocycles. The smallest absolute Gasteiger partial charge is 0.193 e. The van der Waals surface area contributed by atoms with Gasteiger partial charge in [-0.15, -0.1) is 0 Å². The van der Waals surface area contributed by atoms with E-state index < -0.39 is 16.6 Å². The Morgan fingerprint density at radius 2 is 1.41 bits per heavy atom. The lowest BCUT2D eigenvalue weighted by molar-refractivity contribution is 0.0302. The molecule has 0 N–H and O–H groups in total. The van der Waals surface area contributed by atoms with E-state index >= 15 is 0 Å². The van der Waals surface area contributed by atoms with Gasteiger partial charge in [-0.05, 0) is 42.3 Å². The molecule has 1 rings (SSSR count). The summed E-state index contributed by atoms with van der Waals surface area (Å²) in [5, 5.41) is 0.420. The Labute approximate surface area is 139 Å². The second-order valence-electron chi connectivity index (χ2n) is 9.42. The summed E-state index contributed by atoms with van der Waals surface area (Å²) in [5.74, 6) is 0. The fourth-order valence-corrected chi connectivity index (χ4v) is 3.98. The van der Waals surface area contributed by atoms with Gasteiger partial charge in [0.25, 0.3) is 0 Å². The Bertz CT molecular complexity index is 403. The predicted octanol–water partition coefficient (Wildman–Crippen LogP) is 5.31. The third-order valence-electron chi connectivity index (χ3n) is 5.54. The van der Waals surface area contributed by atoms with Crippen molar-refractivity contribution < 1.29 is 13.6 Å². The summed E-state index contributed by atoms with van der Waals surface area (Å²) in [5.41, 5.74) is 0. The van der Waals surface area contributed by atoms with E-state index in [0.717, 1.165) is 0 Å². The molecule has 1 aliphatic heterocycles. The zero-order valence-electron chi connectivity index (χ0n) is 16.2. The van der Waals surface area contributed by atoms with E-state index in [0.29, 0.717) is 6.61 Å². The van der Waals surface area contributed by atoms with Gasteiger partial charge in [0, 0.05) is 0 Å². The summed E-state index contributed by atoms with van der Waals surface area (Å²) in [6.07, 6.45) is 3.83. The Morgan fingerprint density at radius 3 is 1.86 bits per heavy atom. The van der Waals surface area contributed by atoms with Crippen molar-refractivity contribution in [1.82, 2.24) is 0 Å². The highest BCUT2D eigenvalue weighted by Crippen LogP contribution is 2.39. The van der Waals surface area contributed by atoms with Crippen molar-refractivity contribution in [1.29, 1.82) is 0 Å². The van der Waals surface area contributed by atoms with Crippen molar-refractivity contribution in [3.05, 3.63) is 12.3 Å². The van der Waals surface area contributed by atoms with Crippen LogP contribution < -0.4 is 0 Å². The lowest BCUT2D eigenvalue weighted by Crippen LogP contribution is -2.48. The van der Waals surface area contributed by atoms with Gasteiger partial charge in [-0.1, -0.05) is 41.5 Å². The van der Waals surface area contributed by atoms with Gasteiger partial charge >= 0.3 is 0 Å². The Hall–Kier alpha value is -0.106. The van der Waals surface area contributed by atoms with Crippen LogP contribution in [0.15, 0.2) is 12.3 Å². The molecule has 1 heterocycles. The van der Waals surface area contributed by atoms with Gasteiger partial charge in [0.15, 0.2) is 16.6 Å². The van der Waals surface area contributed by atoms with Crippen LogP contribution in [-0.4, -0.2) is 35.4 Å². The van der Waals surface area contributed by atoms with Crippen LogP contribution in [0.5, 0.6) is 0 Å². The van der Waals surface area contributed by atoms with Crippen LogP contribution in [0.2, 0.25) is 36.3 Å². The highest BCUT2D eigenvalue weighted by atomic mass is 28.4. The average Bonchev–Trinajstić information content (AvgIpc) is 2.70. The Kier molecular flexibility index (Phi) is 5.82. The van der Waals surface area contributed by atoms with Crippen molar-refractivity contribution in [3.8, 4) is 0 Å². The summed E-state index contributed by atoms with van der Waals surface area (Å²) in [4.78, 5) is 0. The standard InChI is InChI=1S/C17H36O3Si2/c1-16(2,3)21(7,8)19-13-15-14(11-12-18-15)20-22(9,10)17(4,5)6/h11-12,14-15H,13H2,1-10H3/t14-,15+/m0/s1. The van der Waals surface area contributed by atoms with Gasteiger partial charge in [0.2, 0.25) is 0 Å². The van der Waals surface area contributed by atoms with Gasteiger partial charge in [-0.2, -0.15) is 0 Å². The fraction of sp³-hybridized carbons (Fsp3) is 0.882. The van der Waals surface area contributed by atoms with Crippen molar-refractivity contribution >= 4 is 16.6 Å². The van der Waals surface area contributed by atoms with Crippen LogP contribution in [0, 0.1) is 0 Å². The molecule has 0 aromatic heterocycles. The van der Waals surface area contributed by atoms with Gasteiger partial charge in [0.1, 0.15) is 12.2 Å². The molecule has 0 saturated heterocycles. The first-order chi connectivity index (χ1) is 9.67. The minimum Gasteiger partial charge on any atom is -0.493 e. The summed E-state index contributed by atoms with van der Waals surface area (Å²) >= 11 is 0. The maximum absolute atomic E-state index is 6.49. The number of hydrogen-bond donors (Lipinski definition) is 0. The highest BCUT2D eigenvalue weighted by Gasteiger charge is 2.43. The second kappa shape index (κ2) is 6.42. The summed E-state index contributed by atoms with van der Waals surface area (Å²) in [6.45, 7) is 23.3. The van der Waals surface area contributed by atoms with E-state index in [9.17, 15) is 0 Å². The predicted molar refractivity (Wildman–Crippen MR) is 99.2 cm³/mol. The summed E-state index contributed by atoms with van der Waals surface area (Å²) < 4.78 is 18.6. The van der Waals surface area contributed by atoms with Crippen molar-refractivity contribution in [2.24, 2.45) is 0 Å². The van der Waals surface area contributed by atoms with Gasteiger partial charge in [0.05, 0.1) is 12.9 Å². The van der Waals surface area contributed by atoms with Crippen molar-refractivity contribution in [2.45, 2.75) is 90.0 Å². The van der Waals surface area contributed by atoms with E-state index in [1.165, 1.54) is 0 Å².